The lowest BCUT2D eigenvalue weighted by molar-refractivity contribution is 0.757. The van der Waals surface area contributed by atoms with Crippen molar-refractivity contribution in [3.8, 4) is 6.07 Å². The third-order valence-corrected chi connectivity index (χ3v) is 5.71. The molecule has 0 bridgehead atoms. The van der Waals surface area contributed by atoms with Gasteiger partial charge in [-0.05, 0) is 42.3 Å². The number of nitrogens with one attached hydrogen (secondary N) is 1. The van der Waals surface area contributed by atoms with Crippen molar-refractivity contribution in [2.45, 2.75) is 18.9 Å². The molecule has 1 aromatic heterocycles. The first kappa shape index (κ1) is 18.5. The number of nitrogens with zero attached hydrogens (tertiary/aromatic N) is 4. The van der Waals surface area contributed by atoms with E-state index in [1.807, 2.05) is 47.4 Å². The molecule has 4 rings (SSSR count). The maximum Gasteiger partial charge on any atom is 0.205 e. The predicted molar refractivity (Wildman–Crippen MR) is 116 cm³/mol. The van der Waals surface area contributed by atoms with Crippen LogP contribution in [0.5, 0.6) is 0 Å². The number of guanidine groups is 1. The number of hydrogen-bond donors (Lipinski definition) is 1. The molecule has 2 aromatic carbocycles. The highest BCUT2D eigenvalue weighted by Gasteiger charge is 2.27. The Bertz CT molecular complexity index is 1050. The lowest BCUT2D eigenvalue weighted by Gasteiger charge is -2.31. The van der Waals surface area contributed by atoms with Gasteiger partial charge in [-0.3, -0.25) is 4.90 Å². The zero-order valence-corrected chi connectivity index (χ0v) is 16.6. The van der Waals surface area contributed by atoms with E-state index in [1.165, 1.54) is 0 Å². The van der Waals surface area contributed by atoms with Crippen molar-refractivity contribution in [3.63, 3.8) is 0 Å². The van der Waals surface area contributed by atoms with E-state index in [-0.39, 0.29) is 6.04 Å². The largest absolute Gasteiger partial charge is 0.355 e. The second-order valence-corrected chi connectivity index (χ2v) is 7.81. The lowest BCUT2D eigenvalue weighted by Crippen LogP contribution is -2.48. The smallest absolute Gasteiger partial charge is 0.205 e. The van der Waals surface area contributed by atoms with E-state index in [0.29, 0.717) is 18.9 Å². The van der Waals surface area contributed by atoms with Gasteiger partial charge in [0.25, 0.3) is 0 Å². The summed E-state index contributed by atoms with van der Waals surface area (Å²) in [6, 6.07) is 18.1. The van der Waals surface area contributed by atoms with E-state index >= 15 is 0 Å². The summed E-state index contributed by atoms with van der Waals surface area (Å²) in [5.74, 6) is 0.712. The highest BCUT2D eigenvalue weighted by atomic mass is 35.5. The summed E-state index contributed by atoms with van der Waals surface area (Å²) >= 11 is 7.67. The van der Waals surface area contributed by atoms with Crippen molar-refractivity contribution in [3.05, 3.63) is 71.4 Å². The fraction of sp³-hybridized carbons (Fsp3) is 0.190. The number of thiazole rings is 1. The minimum absolute atomic E-state index is 0.100. The Morgan fingerprint density at radius 3 is 2.93 bits per heavy atom. The van der Waals surface area contributed by atoms with E-state index in [0.717, 1.165) is 32.4 Å². The van der Waals surface area contributed by atoms with Crippen LogP contribution in [0.1, 0.15) is 12.0 Å². The van der Waals surface area contributed by atoms with E-state index in [4.69, 9.17) is 16.6 Å². The molecule has 1 atom stereocenters. The Kier molecular flexibility index (Phi) is 5.56. The summed E-state index contributed by atoms with van der Waals surface area (Å²) in [5, 5.41) is 14.2. The van der Waals surface area contributed by atoms with Gasteiger partial charge in [-0.2, -0.15) is 5.26 Å². The molecule has 0 spiro atoms. The quantitative estimate of drug-likeness (QED) is 0.662. The van der Waals surface area contributed by atoms with Gasteiger partial charge in [-0.15, -0.1) is 0 Å². The fourth-order valence-electron chi connectivity index (χ4n) is 3.11. The van der Waals surface area contributed by atoms with Crippen LogP contribution in [0.25, 0.3) is 10.2 Å². The Balaban J connectivity index is 1.55. The maximum atomic E-state index is 9.26. The molecule has 0 aliphatic carbocycles. The van der Waals surface area contributed by atoms with Gasteiger partial charge in [-0.25, -0.2) is 9.98 Å². The van der Waals surface area contributed by atoms with Crippen molar-refractivity contribution >= 4 is 44.2 Å². The van der Waals surface area contributed by atoms with E-state index in [9.17, 15) is 5.26 Å². The average molecular weight is 408 g/mol. The Morgan fingerprint density at radius 2 is 2.11 bits per heavy atom. The van der Waals surface area contributed by atoms with Gasteiger partial charge in [-0.1, -0.05) is 47.2 Å². The minimum atomic E-state index is -0.100. The Hall–Kier alpha value is -2.88. The zero-order valence-electron chi connectivity index (χ0n) is 15.0. The van der Waals surface area contributed by atoms with Crippen LogP contribution in [0.2, 0.25) is 5.02 Å². The summed E-state index contributed by atoms with van der Waals surface area (Å²) in [6.45, 7) is 0.702. The normalized spacial score (nSPS) is 16.1. The minimum Gasteiger partial charge on any atom is -0.355 e. The summed E-state index contributed by atoms with van der Waals surface area (Å²) in [4.78, 5) is 11.3. The third-order valence-electron chi connectivity index (χ3n) is 4.44. The highest BCUT2D eigenvalue weighted by Crippen LogP contribution is 2.31. The second-order valence-electron chi connectivity index (χ2n) is 6.36. The van der Waals surface area contributed by atoms with Gasteiger partial charge in [0.05, 0.1) is 28.7 Å². The van der Waals surface area contributed by atoms with Crippen LogP contribution < -0.4 is 10.2 Å². The van der Waals surface area contributed by atoms with E-state index in [1.54, 1.807) is 17.5 Å². The molecule has 28 heavy (non-hydrogen) atoms. The van der Waals surface area contributed by atoms with Gasteiger partial charge in [0.1, 0.15) is 0 Å². The van der Waals surface area contributed by atoms with Crippen LogP contribution >= 0.6 is 22.9 Å². The number of para-hydroxylation sites is 1. The number of halogens is 1. The molecule has 3 aromatic rings. The topological polar surface area (TPSA) is 64.3 Å². The molecule has 2 heterocycles. The third kappa shape index (κ3) is 4.01. The van der Waals surface area contributed by atoms with Gasteiger partial charge >= 0.3 is 0 Å². The van der Waals surface area contributed by atoms with Gasteiger partial charge in [0.15, 0.2) is 5.13 Å². The van der Waals surface area contributed by atoms with Crippen LogP contribution in [0.4, 0.5) is 5.13 Å². The molecule has 0 fully saturated rings. The van der Waals surface area contributed by atoms with E-state index in [2.05, 4.69) is 28.5 Å². The molecule has 1 aliphatic heterocycles. The predicted octanol–water partition coefficient (Wildman–Crippen LogP) is 4.75. The highest BCUT2D eigenvalue weighted by molar-refractivity contribution is 7.22. The fourth-order valence-corrected chi connectivity index (χ4v) is 4.35. The molecule has 0 radical (unpaired) electrons. The molecular weight excluding hydrogens is 390 g/mol. The number of hydrogen-bond acceptors (Lipinski definition) is 6. The first-order valence-electron chi connectivity index (χ1n) is 8.99. The van der Waals surface area contributed by atoms with Gasteiger partial charge in [0.2, 0.25) is 5.96 Å². The van der Waals surface area contributed by atoms with Gasteiger partial charge in [0, 0.05) is 17.8 Å². The number of fused-ring (bicyclic) bond motifs is 1. The maximum absolute atomic E-state index is 9.26. The molecule has 0 saturated heterocycles. The lowest BCUT2D eigenvalue weighted by atomic mass is 10.1. The molecule has 140 valence electrons. The SMILES string of the molecule is N#CCC1C=CN=C(NCCc2cccc(Cl)c2)N1c1nc2ccccc2s1. The molecule has 5 nitrogen and oxygen atoms in total. The number of benzene rings is 2. The summed E-state index contributed by atoms with van der Waals surface area (Å²) in [7, 11) is 0. The van der Waals surface area contributed by atoms with Crippen molar-refractivity contribution < 1.29 is 0 Å². The van der Waals surface area contributed by atoms with Crippen molar-refractivity contribution in [1.82, 2.24) is 10.3 Å². The Labute approximate surface area is 172 Å². The first-order chi connectivity index (χ1) is 13.7. The number of anilines is 1. The summed E-state index contributed by atoms with van der Waals surface area (Å²) in [6.07, 6.45) is 4.88. The molecule has 0 amide bonds. The zero-order chi connectivity index (χ0) is 19.3. The van der Waals surface area contributed by atoms with Crippen LogP contribution in [0.15, 0.2) is 65.8 Å². The van der Waals surface area contributed by atoms with Crippen molar-refractivity contribution in [2.24, 2.45) is 4.99 Å². The molecule has 1 unspecified atom stereocenters. The summed E-state index contributed by atoms with van der Waals surface area (Å²) < 4.78 is 1.11. The Morgan fingerprint density at radius 1 is 1.21 bits per heavy atom. The first-order valence-corrected chi connectivity index (χ1v) is 10.2. The molecule has 1 aliphatic rings. The second kappa shape index (κ2) is 8.42. The number of nitriles is 1. The standard InChI is InChI=1S/C21H18ClN5S/c22-16-5-3-4-15(14-16)9-12-24-20-25-13-10-17(8-11-23)27(20)21-26-18-6-1-2-7-19(18)28-21/h1-7,10,13-14,17H,8-9,12H2,(H,24,25). The van der Waals surface area contributed by atoms with Crippen molar-refractivity contribution in [1.29, 1.82) is 5.26 Å². The number of rotatable bonds is 5. The summed E-state index contributed by atoms with van der Waals surface area (Å²) in [5.41, 5.74) is 2.11. The van der Waals surface area contributed by atoms with E-state index < -0.39 is 0 Å². The molecule has 1 N–H and O–H groups in total. The molecular formula is C21H18ClN5S. The number of aliphatic imine (C=N–C) groups is 1. The van der Waals surface area contributed by atoms with Crippen LogP contribution in [-0.2, 0) is 6.42 Å². The van der Waals surface area contributed by atoms with Crippen molar-refractivity contribution in [2.75, 3.05) is 11.4 Å². The average Bonchev–Trinajstić information content (AvgIpc) is 3.12. The van der Waals surface area contributed by atoms with Gasteiger partial charge < -0.3 is 5.32 Å². The van der Waals surface area contributed by atoms with Crippen LogP contribution in [0.3, 0.4) is 0 Å². The molecule has 0 saturated carbocycles. The molecule has 7 heteroatoms. The van der Waals surface area contributed by atoms with Crippen LogP contribution in [-0.4, -0.2) is 23.5 Å². The monoisotopic (exact) mass is 407 g/mol. The van der Waals surface area contributed by atoms with Crippen LogP contribution in [0, 0.1) is 11.3 Å². The number of aromatic nitrogens is 1.